The van der Waals surface area contributed by atoms with E-state index in [9.17, 15) is 4.39 Å². The minimum Gasteiger partial charge on any atom is -0.457 e. The van der Waals surface area contributed by atoms with Gasteiger partial charge in [0.05, 0.1) is 5.69 Å². The molecule has 0 bridgehead atoms. The summed E-state index contributed by atoms with van der Waals surface area (Å²) in [5.74, 6) is 1.54. The van der Waals surface area contributed by atoms with Gasteiger partial charge < -0.3 is 14.9 Å². The number of rotatable bonds is 4. The first kappa shape index (κ1) is 15.0. The van der Waals surface area contributed by atoms with Crippen LogP contribution in [0.2, 0.25) is 0 Å². The predicted molar refractivity (Wildman–Crippen MR) is 84.7 cm³/mol. The third-order valence-corrected chi connectivity index (χ3v) is 3.22. The van der Waals surface area contributed by atoms with E-state index in [4.69, 9.17) is 14.9 Å². The van der Waals surface area contributed by atoms with Crippen LogP contribution in [0.5, 0.6) is 11.5 Å². The van der Waals surface area contributed by atoms with Crippen LogP contribution in [0.3, 0.4) is 0 Å². The average molecular weight is 313 g/mol. The first-order valence-corrected chi connectivity index (χ1v) is 7.19. The van der Waals surface area contributed by atoms with Crippen molar-refractivity contribution in [3.63, 3.8) is 0 Å². The van der Waals surface area contributed by atoms with Gasteiger partial charge in [-0.3, -0.25) is 0 Å². The van der Waals surface area contributed by atoms with E-state index in [0.29, 0.717) is 23.3 Å². The van der Waals surface area contributed by atoms with Gasteiger partial charge in [-0.05, 0) is 30.3 Å². The zero-order valence-corrected chi connectivity index (χ0v) is 12.8. The molecule has 0 saturated heterocycles. The van der Waals surface area contributed by atoms with Crippen molar-refractivity contribution < 1.29 is 13.5 Å². The van der Waals surface area contributed by atoms with E-state index in [2.05, 4.69) is 10.2 Å². The number of nitrogens with zero attached hydrogens (tertiary/aromatic N) is 2. The van der Waals surface area contributed by atoms with E-state index in [0.717, 1.165) is 5.56 Å². The Hall–Kier alpha value is -2.89. The predicted octanol–water partition coefficient (Wildman–Crippen LogP) is 4.37. The lowest BCUT2D eigenvalue weighted by atomic mass is 10.2. The van der Waals surface area contributed by atoms with Gasteiger partial charge in [0.1, 0.15) is 17.3 Å². The largest absolute Gasteiger partial charge is 0.457 e. The van der Waals surface area contributed by atoms with Crippen LogP contribution >= 0.6 is 0 Å². The smallest absolute Gasteiger partial charge is 0.247 e. The second-order valence-corrected chi connectivity index (χ2v) is 5.41. The fourth-order valence-corrected chi connectivity index (χ4v) is 1.98. The highest BCUT2D eigenvalue weighted by atomic mass is 19.1. The summed E-state index contributed by atoms with van der Waals surface area (Å²) in [4.78, 5) is 0. The van der Waals surface area contributed by atoms with Crippen molar-refractivity contribution in [3.05, 3.63) is 54.2 Å². The van der Waals surface area contributed by atoms with Crippen LogP contribution in [0, 0.1) is 5.82 Å². The number of benzene rings is 2. The molecular formula is C17H16FN3O2. The summed E-state index contributed by atoms with van der Waals surface area (Å²) in [5, 5.41) is 8.04. The van der Waals surface area contributed by atoms with E-state index in [1.54, 1.807) is 24.3 Å². The summed E-state index contributed by atoms with van der Waals surface area (Å²) in [6.45, 7) is 3.96. The molecular weight excluding hydrogens is 297 g/mol. The molecule has 0 aliphatic carbocycles. The Bertz CT molecular complexity index is 830. The monoisotopic (exact) mass is 313 g/mol. The van der Waals surface area contributed by atoms with Crippen LogP contribution in [-0.4, -0.2) is 10.2 Å². The lowest BCUT2D eigenvalue weighted by Gasteiger charge is -2.07. The Labute approximate surface area is 132 Å². The van der Waals surface area contributed by atoms with E-state index >= 15 is 0 Å². The van der Waals surface area contributed by atoms with Crippen LogP contribution in [0.4, 0.5) is 10.1 Å². The molecule has 0 fully saturated rings. The van der Waals surface area contributed by atoms with Crippen LogP contribution in [0.25, 0.3) is 11.5 Å². The highest BCUT2D eigenvalue weighted by Gasteiger charge is 2.12. The van der Waals surface area contributed by atoms with Crippen LogP contribution in [0.15, 0.2) is 46.9 Å². The molecule has 0 aliphatic heterocycles. The van der Waals surface area contributed by atoms with Gasteiger partial charge in [0.15, 0.2) is 0 Å². The minimum atomic E-state index is -0.517. The molecule has 1 aromatic heterocycles. The first-order chi connectivity index (χ1) is 11.0. The molecule has 0 aliphatic rings. The van der Waals surface area contributed by atoms with Crippen molar-refractivity contribution in [1.29, 1.82) is 0 Å². The standard InChI is InChI=1S/C17H16FN3O2/c1-10(2)16-20-21-17(23-16)11-4-3-5-12(8-11)22-13-6-7-15(19)14(18)9-13/h3-10H,19H2,1-2H3. The highest BCUT2D eigenvalue weighted by Crippen LogP contribution is 2.28. The third kappa shape index (κ3) is 3.31. The number of anilines is 1. The van der Waals surface area contributed by atoms with E-state index in [-0.39, 0.29) is 11.6 Å². The van der Waals surface area contributed by atoms with Gasteiger partial charge in [-0.15, -0.1) is 10.2 Å². The van der Waals surface area contributed by atoms with Gasteiger partial charge in [0.25, 0.3) is 0 Å². The van der Waals surface area contributed by atoms with Gasteiger partial charge >= 0.3 is 0 Å². The summed E-state index contributed by atoms with van der Waals surface area (Å²) in [6, 6.07) is 11.5. The Kier molecular flexibility index (Phi) is 3.97. The van der Waals surface area contributed by atoms with Crippen molar-refractivity contribution in [1.82, 2.24) is 10.2 Å². The number of aromatic nitrogens is 2. The Morgan fingerprint density at radius 1 is 1.09 bits per heavy atom. The molecule has 2 aromatic carbocycles. The normalized spacial score (nSPS) is 11.0. The van der Waals surface area contributed by atoms with Gasteiger partial charge in [0.2, 0.25) is 11.8 Å². The quantitative estimate of drug-likeness (QED) is 0.724. The lowest BCUT2D eigenvalue weighted by molar-refractivity contribution is 0.473. The number of halogens is 1. The van der Waals surface area contributed by atoms with Crippen LogP contribution < -0.4 is 10.5 Å². The van der Waals surface area contributed by atoms with Crippen molar-refractivity contribution >= 4 is 5.69 Å². The molecule has 5 nitrogen and oxygen atoms in total. The van der Waals surface area contributed by atoms with Gasteiger partial charge in [0, 0.05) is 17.5 Å². The molecule has 0 radical (unpaired) electrons. The molecule has 0 amide bonds. The third-order valence-electron chi connectivity index (χ3n) is 3.22. The summed E-state index contributed by atoms with van der Waals surface area (Å²) < 4.78 is 24.7. The summed E-state index contributed by atoms with van der Waals surface area (Å²) in [5.41, 5.74) is 6.27. The average Bonchev–Trinajstić information content (AvgIpc) is 3.01. The van der Waals surface area contributed by atoms with Crippen LogP contribution in [-0.2, 0) is 0 Å². The van der Waals surface area contributed by atoms with E-state index in [1.165, 1.54) is 12.1 Å². The molecule has 23 heavy (non-hydrogen) atoms. The molecule has 6 heteroatoms. The highest BCUT2D eigenvalue weighted by molar-refractivity contribution is 5.56. The Balaban J connectivity index is 1.85. The maximum atomic E-state index is 13.5. The molecule has 3 aromatic rings. The van der Waals surface area contributed by atoms with E-state index in [1.807, 2.05) is 19.9 Å². The second kappa shape index (κ2) is 6.08. The number of nitrogen functional groups attached to an aromatic ring is 1. The summed E-state index contributed by atoms with van der Waals surface area (Å²) in [6.07, 6.45) is 0. The molecule has 3 rings (SSSR count). The van der Waals surface area contributed by atoms with Gasteiger partial charge in [-0.1, -0.05) is 19.9 Å². The molecule has 0 atom stereocenters. The molecule has 0 spiro atoms. The molecule has 0 unspecified atom stereocenters. The number of nitrogens with two attached hydrogens (primary N) is 1. The Morgan fingerprint density at radius 2 is 1.87 bits per heavy atom. The Morgan fingerprint density at radius 3 is 2.57 bits per heavy atom. The second-order valence-electron chi connectivity index (χ2n) is 5.41. The first-order valence-electron chi connectivity index (χ1n) is 7.19. The zero-order valence-electron chi connectivity index (χ0n) is 12.8. The van der Waals surface area contributed by atoms with Gasteiger partial charge in [-0.25, -0.2) is 4.39 Å². The number of hydrogen-bond donors (Lipinski definition) is 1. The summed E-state index contributed by atoms with van der Waals surface area (Å²) in [7, 11) is 0. The minimum absolute atomic E-state index is 0.0816. The van der Waals surface area contributed by atoms with Crippen LogP contribution in [0.1, 0.15) is 25.7 Å². The fourth-order valence-electron chi connectivity index (χ4n) is 1.98. The molecule has 1 heterocycles. The molecule has 118 valence electrons. The van der Waals surface area contributed by atoms with Crippen molar-refractivity contribution in [2.45, 2.75) is 19.8 Å². The van der Waals surface area contributed by atoms with Crippen molar-refractivity contribution in [2.75, 3.05) is 5.73 Å². The maximum Gasteiger partial charge on any atom is 0.247 e. The molecule has 2 N–H and O–H groups in total. The molecule has 0 saturated carbocycles. The zero-order chi connectivity index (χ0) is 16.4. The van der Waals surface area contributed by atoms with Crippen molar-refractivity contribution in [2.24, 2.45) is 0 Å². The SMILES string of the molecule is CC(C)c1nnc(-c2cccc(Oc3ccc(N)c(F)c3)c2)o1. The lowest BCUT2D eigenvalue weighted by Crippen LogP contribution is -1.91. The van der Waals surface area contributed by atoms with Gasteiger partial charge in [-0.2, -0.15) is 0 Å². The van der Waals surface area contributed by atoms with E-state index < -0.39 is 5.82 Å². The summed E-state index contributed by atoms with van der Waals surface area (Å²) >= 11 is 0. The van der Waals surface area contributed by atoms with Crippen molar-refractivity contribution in [3.8, 4) is 23.0 Å². The number of hydrogen-bond acceptors (Lipinski definition) is 5. The maximum absolute atomic E-state index is 13.5. The topological polar surface area (TPSA) is 74.2 Å². The number of ether oxygens (including phenoxy) is 1. The fraction of sp³-hybridized carbons (Fsp3) is 0.176.